The second-order valence-electron chi connectivity index (χ2n) is 6.72. The van der Waals surface area contributed by atoms with E-state index < -0.39 is 16.0 Å². The van der Waals surface area contributed by atoms with Crippen molar-refractivity contribution in [1.29, 1.82) is 0 Å². The van der Waals surface area contributed by atoms with Crippen LogP contribution in [-0.4, -0.2) is 31.1 Å². The molecule has 1 aliphatic rings. The fourth-order valence-corrected chi connectivity index (χ4v) is 4.89. The summed E-state index contributed by atoms with van der Waals surface area (Å²) in [6.07, 6.45) is 4.10. The van der Waals surface area contributed by atoms with Gasteiger partial charge < -0.3 is 4.90 Å². The lowest BCUT2D eigenvalue weighted by Gasteiger charge is -2.20. The van der Waals surface area contributed by atoms with E-state index in [1.807, 2.05) is 48.7 Å². The first-order valence-corrected chi connectivity index (χ1v) is 10.6. The van der Waals surface area contributed by atoms with Crippen LogP contribution >= 0.6 is 11.3 Å². The van der Waals surface area contributed by atoms with E-state index in [2.05, 4.69) is 4.98 Å². The molecule has 1 aliphatic heterocycles. The van der Waals surface area contributed by atoms with Crippen molar-refractivity contribution in [2.45, 2.75) is 19.0 Å². The molecule has 0 bridgehead atoms. The Hall–Kier alpha value is -2.84. The van der Waals surface area contributed by atoms with E-state index in [1.165, 1.54) is 11.3 Å². The second kappa shape index (κ2) is 7.29. The molecular weight excluding hydrogens is 392 g/mol. The Balaban J connectivity index is 1.58. The lowest BCUT2D eigenvalue weighted by Crippen LogP contribution is -2.27. The van der Waals surface area contributed by atoms with Crippen molar-refractivity contribution in [3.63, 3.8) is 0 Å². The summed E-state index contributed by atoms with van der Waals surface area (Å²) < 4.78 is 23.5. The van der Waals surface area contributed by atoms with Crippen LogP contribution in [0.15, 0.2) is 70.2 Å². The number of fused-ring (bicyclic) bond motifs is 1. The molecule has 0 amide bonds. The van der Waals surface area contributed by atoms with Crippen LogP contribution in [0.25, 0.3) is 0 Å². The molecule has 1 aromatic carbocycles. The van der Waals surface area contributed by atoms with Gasteiger partial charge in [-0.2, -0.15) is 8.42 Å². The lowest BCUT2D eigenvalue weighted by molar-refractivity contribution is 0.490. The van der Waals surface area contributed by atoms with Crippen molar-refractivity contribution < 1.29 is 8.42 Å². The van der Waals surface area contributed by atoms with E-state index in [4.69, 9.17) is 9.98 Å². The van der Waals surface area contributed by atoms with Crippen LogP contribution in [0.1, 0.15) is 17.4 Å². The Labute approximate surface area is 168 Å². The zero-order valence-electron chi connectivity index (χ0n) is 15.4. The van der Waals surface area contributed by atoms with E-state index >= 15 is 0 Å². The molecule has 2 aromatic heterocycles. The quantitative estimate of drug-likeness (QED) is 0.615. The van der Waals surface area contributed by atoms with E-state index in [0.717, 1.165) is 22.0 Å². The Morgan fingerprint density at radius 3 is 2.50 bits per heavy atom. The topological polar surface area (TPSA) is 75.0 Å². The van der Waals surface area contributed by atoms with Crippen molar-refractivity contribution in [3.8, 4) is 0 Å². The minimum Gasteiger partial charge on any atom is -0.331 e. The molecule has 8 heteroatoms. The Kier molecular flexibility index (Phi) is 4.82. The zero-order valence-corrected chi connectivity index (χ0v) is 17.0. The molecule has 1 atom stereocenters. The summed E-state index contributed by atoms with van der Waals surface area (Å²) in [7, 11) is -0.578. The lowest BCUT2D eigenvalue weighted by atomic mass is 10.0. The van der Waals surface area contributed by atoms with Crippen LogP contribution < -0.4 is 15.6 Å². The van der Waals surface area contributed by atoms with Crippen molar-refractivity contribution in [1.82, 2.24) is 4.98 Å². The maximum absolute atomic E-state index is 11.8. The molecule has 0 spiro atoms. The van der Waals surface area contributed by atoms with Crippen molar-refractivity contribution in [2.24, 2.45) is 9.98 Å². The fraction of sp³-hybridized carbons (Fsp3) is 0.200. The molecule has 0 saturated carbocycles. The van der Waals surface area contributed by atoms with Gasteiger partial charge in [-0.3, -0.25) is 15.0 Å². The molecule has 0 fully saturated rings. The van der Waals surface area contributed by atoms with Crippen molar-refractivity contribution in [3.05, 3.63) is 81.4 Å². The van der Waals surface area contributed by atoms with Gasteiger partial charge in [0, 0.05) is 25.4 Å². The number of hydrogen-bond acceptors (Lipinski definition) is 6. The molecule has 3 heterocycles. The zero-order chi connectivity index (χ0) is 19.7. The van der Waals surface area contributed by atoms with Crippen LogP contribution in [0.4, 0.5) is 5.69 Å². The van der Waals surface area contributed by atoms with Gasteiger partial charge >= 0.3 is 0 Å². The molecular formula is C20H18N4O2S2. The Morgan fingerprint density at radius 2 is 1.86 bits per heavy atom. The van der Waals surface area contributed by atoms with Gasteiger partial charge in [-0.15, -0.1) is 11.3 Å². The Morgan fingerprint density at radius 1 is 1.11 bits per heavy atom. The van der Waals surface area contributed by atoms with Crippen LogP contribution in [0, 0.1) is 0 Å². The van der Waals surface area contributed by atoms with Crippen LogP contribution in [0.3, 0.4) is 0 Å². The van der Waals surface area contributed by atoms with Gasteiger partial charge in [-0.25, -0.2) is 0 Å². The number of nitrogens with zero attached hydrogens (tertiary/aromatic N) is 4. The van der Waals surface area contributed by atoms with Gasteiger partial charge in [-0.05, 0) is 42.1 Å². The standard InChI is InChI=1S/C20H18N4O2S2/c1-20(22-16-9-10-21-13-17(16)23-20)12-14-5-7-15(8-6-14)24(2)19(28(25)26)18-4-3-11-27-18/h3-11,13H,12H2,1-2H3. The summed E-state index contributed by atoms with van der Waals surface area (Å²) in [4.78, 5) is 16.2. The second-order valence-corrected chi connectivity index (χ2v) is 8.53. The predicted molar refractivity (Wildman–Crippen MR) is 111 cm³/mol. The first-order valence-electron chi connectivity index (χ1n) is 8.68. The van der Waals surface area contributed by atoms with Crippen LogP contribution in [0.2, 0.25) is 0 Å². The molecule has 4 rings (SSSR count). The molecule has 6 nitrogen and oxygen atoms in total. The average molecular weight is 411 g/mol. The van der Waals surface area contributed by atoms with E-state index in [-0.39, 0.29) is 4.99 Å². The van der Waals surface area contributed by atoms with Gasteiger partial charge in [-0.1, -0.05) is 18.2 Å². The highest BCUT2D eigenvalue weighted by atomic mass is 32.2. The number of hydrogen-bond donors (Lipinski definition) is 0. The number of pyridine rings is 1. The van der Waals surface area contributed by atoms with E-state index in [9.17, 15) is 8.42 Å². The van der Waals surface area contributed by atoms with E-state index in [1.54, 1.807) is 30.4 Å². The molecule has 1 unspecified atom stereocenters. The smallest absolute Gasteiger partial charge is 0.239 e. The fourth-order valence-electron chi connectivity index (χ4n) is 3.28. The SMILES string of the molecule is CN(C(c1cccs1)=S(=O)=O)c1ccc(CC2(C)N=c3ccncc3=N2)cc1. The summed E-state index contributed by atoms with van der Waals surface area (Å²) in [5.74, 6) is 0. The summed E-state index contributed by atoms with van der Waals surface area (Å²) in [5, 5.41) is 3.54. The normalized spacial score (nSPS) is 17.4. The third kappa shape index (κ3) is 3.61. The minimum absolute atomic E-state index is 0.262. The van der Waals surface area contributed by atoms with Gasteiger partial charge in [0.1, 0.15) is 5.36 Å². The van der Waals surface area contributed by atoms with Crippen molar-refractivity contribution in [2.75, 3.05) is 11.9 Å². The van der Waals surface area contributed by atoms with Crippen LogP contribution in [-0.2, 0) is 16.7 Å². The van der Waals surface area contributed by atoms with Gasteiger partial charge in [0.2, 0.25) is 10.3 Å². The summed E-state index contributed by atoms with van der Waals surface area (Å²) >= 11 is 1.40. The van der Waals surface area contributed by atoms with Crippen molar-refractivity contribution >= 4 is 32.3 Å². The largest absolute Gasteiger partial charge is 0.331 e. The summed E-state index contributed by atoms with van der Waals surface area (Å²) in [5.41, 5.74) is 1.33. The molecule has 0 saturated heterocycles. The molecule has 28 heavy (non-hydrogen) atoms. The minimum atomic E-state index is -2.33. The van der Waals surface area contributed by atoms with Crippen LogP contribution in [0.5, 0.6) is 0 Å². The summed E-state index contributed by atoms with van der Waals surface area (Å²) in [6.45, 7) is 2.00. The predicted octanol–water partition coefficient (Wildman–Crippen LogP) is 1.85. The van der Waals surface area contributed by atoms with E-state index in [0.29, 0.717) is 11.3 Å². The molecule has 0 N–H and O–H groups in total. The maximum atomic E-state index is 11.8. The summed E-state index contributed by atoms with van der Waals surface area (Å²) in [6, 6.07) is 13.3. The molecule has 0 radical (unpaired) electrons. The number of aromatic nitrogens is 1. The third-order valence-electron chi connectivity index (χ3n) is 4.56. The van der Waals surface area contributed by atoms with Gasteiger partial charge in [0.25, 0.3) is 0 Å². The molecule has 3 aromatic rings. The number of benzene rings is 1. The average Bonchev–Trinajstić information content (AvgIpc) is 3.29. The first kappa shape index (κ1) is 18.5. The molecule has 142 valence electrons. The number of anilines is 1. The van der Waals surface area contributed by atoms with Gasteiger partial charge in [0.15, 0.2) is 10.7 Å². The Bertz CT molecular complexity index is 1220. The highest BCUT2D eigenvalue weighted by molar-refractivity contribution is 7.74. The number of thiophene rings is 1. The van der Waals surface area contributed by atoms with Gasteiger partial charge in [0.05, 0.1) is 16.4 Å². The maximum Gasteiger partial charge on any atom is 0.239 e. The number of rotatable bonds is 4. The first-order chi connectivity index (χ1) is 13.5. The monoisotopic (exact) mass is 410 g/mol. The highest BCUT2D eigenvalue weighted by Gasteiger charge is 2.25. The highest BCUT2D eigenvalue weighted by Crippen LogP contribution is 2.23. The molecule has 0 aliphatic carbocycles. The third-order valence-corrected chi connectivity index (χ3v) is 6.37.